The van der Waals surface area contributed by atoms with Crippen LogP contribution in [-0.4, -0.2) is 41.8 Å². The molecule has 2 fully saturated rings. The number of rotatable bonds is 3. The van der Waals surface area contributed by atoms with Gasteiger partial charge in [-0.05, 0) is 24.7 Å². The van der Waals surface area contributed by atoms with Gasteiger partial charge in [0.25, 0.3) is 0 Å². The van der Waals surface area contributed by atoms with E-state index in [-0.39, 0.29) is 13.1 Å². The van der Waals surface area contributed by atoms with E-state index in [1.165, 1.54) is 6.42 Å². The second-order valence-corrected chi connectivity index (χ2v) is 6.45. The van der Waals surface area contributed by atoms with E-state index < -0.39 is 24.0 Å². The SMILES string of the molecule is CC1CCCC(CN2C[C@@H](C(F)(F)F)[C@H](C(=O)O)C2)C1. The Kier molecular flexibility index (Phi) is 4.62. The predicted octanol–water partition coefficient (Wildman–Crippen LogP) is 3.01. The predicted molar refractivity (Wildman–Crippen MR) is 68.2 cm³/mol. The van der Waals surface area contributed by atoms with Crippen LogP contribution in [0.5, 0.6) is 0 Å². The van der Waals surface area contributed by atoms with Crippen molar-refractivity contribution >= 4 is 5.97 Å². The molecule has 0 spiro atoms. The van der Waals surface area contributed by atoms with Crippen LogP contribution in [0.15, 0.2) is 0 Å². The molecule has 0 radical (unpaired) electrons. The van der Waals surface area contributed by atoms with E-state index in [0.717, 1.165) is 19.3 Å². The molecule has 20 heavy (non-hydrogen) atoms. The first-order valence-corrected chi connectivity index (χ1v) is 7.29. The lowest BCUT2D eigenvalue weighted by atomic mass is 9.82. The largest absolute Gasteiger partial charge is 0.481 e. The van der Waals surface area contributed by atoms with Gasteiger partial charge >= 0.3 is 12.1 Å². The lowest BCUT2D eigenvalue weighted by molar-refractivity contribution is -0.188. The monoisotopic (exact) mass is 293 g/mol. The molecule has 2 aliphatic rings. The number of aliphatic carboxylic acids is 1. The summed E-state index contributed by atoms with van der Waals surface area (Å²) in [5, 5.41) is 8.99. The molecular formula is C14H22F3NO2. The molecule has 1 saturated heterocycles. The highest BCUT2D eigenvalue weighted by molar-refractivity contribution is 5.71. The van der Waals surface area contributed by atoms with Crippen molar-refractivity contribution in [1.29, 1.82) is 0 Å². The summed E-state index contributed by atoms with van der Waals surface area (Å²) in [5.41, 5.74) is 0. The summed E-state index contributed by atoms with van der Waals surface area (Å²) in [6.07, 6.45) is 0.00199. The van der Waals surface area contributed by atoms with Crippen LogP contribution in [0, 0.1) is 23.7 Å². The molecule has 0 aromatic heterocycles. The summed E-state index contributed by atoms with van der Waals surface area (Å²) in [6, 6.07) is 0. The Hall–Kier alpha value is -0.780. The van der Waals surface area contributed by atoms with Crippen LogP contribution in [0.4, 0.5) is 13.2 Å². The molecule has 3 nitrogen and oxygen atoms in total. The van der Waals surface area contributed by atoms with Crippen molar-refractivity contribution in [2.75, 3.05) is 19.6 Å². The number of hydrogen-bond donors (Lipinski definition) is 1. The molecule has 0 amide bonds. The zero-order chi connectivity index (χ0) is 14.9. The van der Waals surface area contributed by atoms with E-state index in [1.54, 1.807) is 4.90 Å². The molecular weight excluding hydrogens is 271 g/mol. The van der Waals surface area contributed by atoms with Gasteiger partial charge in [0.1, 0.15) is 0 Å². The minimum atomic E-state index is -4.42. The normalized spacial score (nSPS) is 36.2. The molecule has 1 aliphatic heterocycles. The lowest BCUT2D eigenvalue weighted by Gasteiger charge is -2.30. The van der Waals surface area contributed by atoms with E-state index in [1.807, 2.05) is 0 Å². The van der Waals surface area contributed by atoms with Gasteiger partial charge in [-0.1, -0.05) is 19.8 Å². The number of carbonyl (C=O) groups is 1. The van der Waals surface area contributed by atoms with Gasteiger partial charge in [-0.3, -0.25) is 4.79 Å². The summed E-state index contributed by atoms with van der Waals surface area (Å²) in [6.45, 7) is 2.66. The molecule has 2 unspecified atom stereocenters. The van der Waals surface area contributed by atoms with Crippen molar-refractivity contribution in [2.24, 2.45) is 23.7 Å². The summed E-state index contributed by atoms with van der Waals surface area (Å²) in [4.78, 5) is 12.7. The first kappa shape index (κ1) is 15.6. The second kappa shape index (κ2) is 5.92. The number of halogens is 3. The minimum absolute atomic E-state index is 0.0321. The third-order valence-corrected chi connectivity index (χ3v) is 4.69. The Bertz CT molecular complexity index is 359. The molecule has 4 atom stereocenters. The van der Waals surface area contributed by atoms with Crippen molar-refractivity contribution in [2.45, 2.75) is 38.8 Å². The van der Waals surface area contributed by atoms with Crippen LogP contribution < -0.4 is 0 Å². The van der Waals surface area contributed by atoms with E-state index in [4.69, 9.17) is 5.11 Å². The summed E-state index contributed by atoms with van der Waals surface area (Å²) >= 11 is 0. The molecule has 1 saturated carbocycles. The highest BCUT2D eigenvalue weighted by Crippen LogP contribution is 2.39. The fourth-order valence-electron chi connectivity index (χ4n) is 3.71. The topological polar surface area (TPSA) is 40.5 Å². The van der Waals surface area contributed by atoms with Crippen molar-refractivity contribution in [3.05, 3.63) is 0 Å². The van der Waals surface area contributed by atoms with Crippen LogP contribution >= 0.6 is 0 Å². The third-order valence-electron chi connectivity index (χ3n) is 4.69. The number of carboxylic acids is 1. The third kappa shape index (κ3) is 3.65. The van der Waals surface area contributed by atoms with Crippen LogP contribution in [0.25, 0.3) is 0 Å². The zero-order valence-corrected chi connectivity index (χ0v) is 11.7. The number of carboxylic acid groups (broad SMARTS) is 1. The maximum absolute atomic E-state index is 12.9. The van der Waals surface area contributed by atoms with Crippen molar-refractivity contribution in [3.8, 4) is 0 Å². The van der Waals surface area contributed by atoms with Gasteiger partial charge in [-0.15, -0.1) is 0 Å². The molecule has 1 aliphatic carbocycles. The average molecular weight is 293 g/mol. The van der Waals surface area contributed by atoms with E-state index in [2.05, 4.69) is 6.92 Å². The Balaban J connectivity index is 1.95. The Labute approximate surface area is 117 Å². The maximum atomic E-state index is 12.9. The molecule has 6 heteroatoms. The van der Waals surface area contributed by atoms with Gasteiger partial charge in [0, 0.05) is 19.6 Å². The first-order valence-electron chi connectivity index (χ1n) is 7.29. The molecule has 0 aromatic rings. The Morgan fingerprint density at radius 2 is 2.00 bits per heavy atom. The zero-order valence-electron chi connectivity index (χ0n) is 11.7. The average Bonchev–Trinajstić information content (AvgIpc) is 2.73. The molecule has 1 heterocycles. The second-order valence-electron chi connectivity index (χ2n) is 6.45. The number of likely N-dealkylation sites (tertiary alicyclic amines) is 1. The van der Waals surface area contributed by atoms with Crippen molar-refractivity contribution < 1.29 is 23.1 Å². The molecule has 0 bridgehead atoms. The Morgan fingerprint density at radius 3 is 2.50 bits per heavy atom. The summed E-state index contributed by atoms with van der Waals surface area (Å²) in [5.74, 6) is -3.31. The Morgan fingerprint density at radius 1 is 1.30 bits per heavy atom. The van der Waals surface area contributed by atoms with Gasteiger partial charge in [0.05, 0.1) is 11.8 Å². The number of nitrogens with zero attached hydrogens (tertiary/aromatic N) is 1. The van der Waals surface area contributed by atoms with Crippen LogP contribution in [0.2, 0.25) is 0 Å². The quantitative estimate of drug-likeness (QED) is 0.869. The molecule has 116 valence electrons. The van der Waals surface area contributed by atoms with Crippen molar-refractivity contribution in [1.82, 2.24) is 4.90 Å². The van der Waals surface area contributed by atoms with E-state index in [0.29, 0.717) is 18.4 Å². The van der Waals surface area contributed by atoms with Gasteiger partial charge in [0.2, 0.25) is 0 Å². The molecule has 1 N–H and O–H groups in total. The maximum Gasteiger partial charge on any atom is 0.393 e. The highest BCUT2D eigenvalue weighted by atomic mass is 19.4. The van der Waals surface area contributed by atoms with Crippen LogP contribution in [0.1, 0.15) is 32.6 Å². The van der Waals surface area contributed by atoms with E-state index in [9.17, 15) is 18.0 Å². The lowest BCUT2D eigenvalue weighted by Crippen LogP contribution is -2.34. The summed E-state index contributed by atoms with van der Waals surface area (Å²) < 4.78 is 38.7. The van der Waals surface area contributed by atoms with Crippen LogP contribution in [0.3, 0.4) is 0 Å². The smallest absolute Gasteiger partial charge is 0.393 e. The minimum Gasteiger partial charge on any atom is -0.481 e. The van der Waals surface area contributed by atoms with Gasteiger partial charge < -0.3 is 10.0 Å². The van der Waals surface area contributed by atoms with Gasteiger partial charge in [-0.2, -0.15) is 13.2 Å². The van der Waals surface area contributed by atoms with Crippen LogP contribution in [-0.2, 0) is 4.79 Å². The number of hydrogen-bond acceptors (Lipinski definition) is 2. The number of alkyl halides is 3. The fraction of sp³-hybridized carbons (Fsp3) is 0.929. The van der Waals surface area contributed by atoms with Gasteiger partial charge in [0.15, 0.2) is 0 Å². The van der Waals surface area contributed by atoms with Gasteiger partial charge in [-0.25, -0.2) is 0 Å². The van der Waals surface area contributed by atoms with E-state index >= 15 is 0 Å². The standard InChI is InChI=1S/C14H22F3NO2/c1-9-3-2-4-10(5-9)6-18-7-11(13(19)20)12(8-18)14(15,16)17/h9-12H,2-8H2,1H3,(H,19,20)/t9?,10?,11-,12-/m1/s1. The molecule has 2 rings (SSSR count). The highest BCUT2D eigenvalue weighted by Gasteiger charge is 2.52. The molecule has 0 aromatic carbocycles. The first-order chi connectivity index (χ1) is 9.27. The fourth-order valence-corrected chi connectivity index (χ4v) is 3.71. The van der Waals surface area contributed by atoms with Crippen molar-refractivity contribution in [3.63, 3.8) is 0 Å². The summed E-state index contributed by atoms with van der Waals surface area (Å²) in [7, 11) is 0.